The molecule has 0 radical (unpaired) electrons. The highest BCUT2D eigenvalue weighted by molar-refractivity contribution is 6.20. The molecule has 0 bridgehead atoms. The van der Waals surface area contributed by atoms with Crippen LogP contribution < -0.4 is 0 Å². The van der Waals surface area contributed by atoms with Gasteiger partial charge in [-0.25, -0.2) is 9.97 Å². The Morgan fingerprint density at radius 2 is 1.23 bits per heavy atom. The number of hydrogen-bond donors (Lipinski definition) is 0. The van der Waals surface area contributed by atoms with Gasteiger partial charge in [0.25, 0.3) is 0 Å². The lowest BCUT2D eigenvalue weighted by atomic mass is 9.96. The molecule has 0 aliphatic rings. The zero-order chi connectivity index (χ0) is 35.4. The van der Waals surface area contributed by atoms with E-state index in [1.54, 1.807) is 0 Å². The Balaban J connectivity index is 1.15. The Morgan fingerprint density at radius 3 is 1.96 bits per heavy atom. The van der Waals surface area contributed by atoms with Crippen LogP contribution in [0.1, 0.15) is 31.9 Å². The van der Waals surface area contributed by atoms with E-state index in [2.05, 4.69) is 104 Å². The first-order valence-corrected chi connectivity index (χ1v) is 17.6. The van der Waals surface area contributed by atoms with Gasteiger partial charge in [-0.2, -0.15) is 0 Å². The maximum absolute atomic E-state index is 6.27. The topological polar surface area (TPSA) is 51.3 Å². The monoisotopic (exact) mass is 671 g/mol. The number of fused-ring (bicyclic) bond motifs is 5. The maximum Gasteiger partial charge on any atom is 0.227 e. The molecule has 2 heterocycles. The molecule has 6 aromatic carbocycles. The summed E-state index contributed by atoms with van der Waals surface area (Å²) in [6.07, 6.45) is 8.08. The number of pyridine rings is 1. The molecule has 0 unspecified atom stereocenters. The maximum atomic E-state index is 6.27. The zero-order valence-electron chi connectivity index (χ0n) is 29.4. The average molecular weight is 672 g/mol. The van der Waals surface area contributed by atoms with Crippen molar-refractivity contribution < 1.29 is 4.42 Å². The molecular weight excluding hydrogens is 635 g/mol. The molecular formula is C48H37N3O. The summed E-state index contributed by atoms with van der Waals surface area (Å²) >= 11 is 0. The molecule has 52 heavy (non-hydrogen) atoms. The molecule has 0 spiro atoms. The molecule has 250 valence electrons. The van der Waals surface area contributed by atoms with Gasteiger partial charge in [-0.1, -0.05) is 133 Å². The molecule has 0 fully saturated rings. The second-order valence-electron chi connectivity index (χ2n) is 12.8. The number of nitrogens with zero attached hydrogens (tertiary/aromatic N) is 3. The van der Waals surface area contributed by atoms with Gasteiger partial charge >= 0.3 is 0 Å². The van der Waals surface area contributed by atoms with Crippen molar-refractivity contribution in [1.29, 1.82) is 0 Å². The van der Waals surface area contributed by atoms with Crippen molar-refractivity contribution in [2.75, 3.05) is 0 Å². The highest BCUT2D eigenvalue weighted by Crippen LogP contribution is 2.39. The van der Waals surface area contributed by atoms with Crippen LogP contribution >= 0.6 is 0 Å². The Morgan fingerprint density at radius 1 is 0.577 bits per heavy atom. The van der Waals surface area contributed by atoms with Crippen LogP contribution in [0, 0.1) is 0 Å². The van der Waals surface area contributed by atoms with Crippen molar-refractivity contribution in [3.05, 3.63) is 181 Å². The third kappa shape index (κ3) is 6.38. The van der Waals surface area contributed by atoms with Gasteiger partial charge in [-0.15, -0.1) is 0 Å². The van der Waals surface area contributed by atoms with E-state index in [0.717, 1.165) is 88.8 Å². The Kier molecular flexibility index (Phi) is 8.95. The molecule has 0 aliphatic carbocycles. The van der Waals surface area contributed by atoms with Crippen molar-refractivity contribution in [2.45, 2.75) is 20.8 Å². The molecule has 4 nitrogen and oxygen atoms in total. The van der Waals surface area contributed by atoms with E-state index in [1.165, 1.54) is 0 Å². The fourth-order valence-corrected chi connectivity index (χ4v) is 6.70. The van der Waals surface area contributed by atoms with Gasteiger partial charge in [-0.05, 0) is 79.4 Å². The minimum absolute atomic E-state index is 0.614. The van der Waals surface area contributed by atoms with Crippen molar-refractivity contribution in [2.24, 2.45) is 4.99 Å². The van der Waals surface area contributed by atoms with Crippen LogP contribution in [-0.4, -0.2) is 15.7 Å². The first kappa shape index (κ1) is 32.5. The standard InChI is InChI=1S/C48H37N3O/c1-4-5-8-15-32(2)49-45(37-16-9-6-10-17-37)33(3)34-22-24-35(25-23-34)36-26-28-38(29-27-36)46-41-30-31-43-47(44(41)40-20-13-14-21-42(40)50-46)51-48(52-43)39-18-11-7-12-19-39/h4-31H,1-3H3/b5-4-,15-8-,45-33+,49-32+. The van der Waals surface area contributed by atoms with E-state index in [-0.39, 0.29) is 0 Å². The van der Waals surface area contributed by atoms with E-state index in [9.17, 15) is 0 Å². The van der Waals surface area contributed by atoms with Crippen LogP contribution in [0.3, 0.4) is 0 Å². The Bertz CT molecular complexity index is 2660. The van der Waals surface area contributed by atoms with Crippen LogP contribution in [0.4, 0.5) is 0 Å². The molecule has 0 saturated heterocycles. The zero-order valence-corrected chi connectivity index (χ0v) is 29.4. The summed E-state index contributed by atoms with van der Waals surface area (Å²) in [5.74, 6) is 0.614. The predicted molar refractivity (Wildman–Crippen MR) is 219 cm³/mol. The Hall–Kier alpha value is -6.65. The fourth-order valence-electron chi connectivity index (χ4n) is 6.70. The lowest BCUT2D eigenvalue weighted by Gasteiger charge is -2.12. The molecule has 0 aliphatic heterocycles. The molecule has 0 saturated carbocycles. The summed E-state index contributed by atoms with van der Waals surface area (Å²) in [6.45, 7) is 6.19. The molecule has 0 amide bonds. The van der Waals surface area contributed by atoms with Crippen LogP contribution in [-0.2, 0) is 0 Å². The number of aliphatic imine (C=N–C) groups is 1. The molecule has 8 aromatic rings. The molecule has 0 atom stereocenters. The highest BCUT2D eigenvalue weighted by atomic mass is 16.3. The van der Waals surface area contributed by atoms with Gasteiger partial charge in [0, 0.05) is 38.6 Å². The van der Waals surface area contributed by atoms with E-state index in [0.29, 0.717) is 5.89 Å². The number of para-hydroxylation sites is 1. The number of allylic oxidation sites excluding steroid dienone is 5. The summed E-state index contributed by atoms with van der Waals surface area (Å²) in [5, 5.41) is 3.15. The third-order valence-corrected chi connectivity index (χ3v) is 9.38. The number of rotatable bonds is 8. The van der Waals surface area contributed by atoms with Gasteiger partial charge in [0.05, 0.1) is 16.9 Å². The molecule has 8 rings (SSSR count). The second-order valence-corrected chi connectivity index (χ2v) is 12.8. The van der Waals surface area contributed by atoms with Crippen LogP contribution in [0.5, 0.6) is 0 Å². The van der Waals surface area contributed by atoms with E-state index in [4.69, 9.17) is 19.4 Å². The van der Waals surface area contributed by atoms with Crippen molar-refractivity contribution in [3.8, 4) is 33.8 Å². The number of hydrogen-bond acceptors (Lipinski definition) is 4. The number of oxazole rings is 1. The van der Waals surface area contributed by atoms with Crippen molar-refractivity contribution in [1.82, 2.24) is 9.97 Å². The molecule has 0 N–H and O–H groups in total. The largest absolute Gasteiger partial charge is 0.436 e. The first-order chi connectivity index (χ1) is 25.6. The summed E-state index contributed by atoms with van der Waals surface area (Å²) in [4.78, 5) is 15.2. The van der Waals surface area contributed by atoms with Crippen LogP contribution in [0.2, 0.25) is 0 Å². The lowest BCUT2D eigenvalue weighted by Crippen LogP contribution is -1.92. The lowest BCUT2D eigenvalue weighted by molar-refractivity contribution is 0.620. The SMILES string of the molecule is C\C=C/C=C\C(C)=N\C(=C(/C)c1ccc(-c2ccc(-c3nc4ccccc4c4c3ccc3oc(-c5ccccc5)nc34)cc2)cc1)c1ccccc1. The van der Waals surface area contributed by atoms with E-state index >= 15 is 0 Å². The fraction of sp³-hybridized carbons (Fsp3) is 0.0625. The normalized spacial score (nSPS) is 12.8. The smallest absolute Gasteiger partial charge is 0.227 e. The highest BCUT2D eigenvalue weighted by Gasteiger charge is 2.17. The first-order valence-electron chi connectivity index (χ1n) is 17.6. The van der Waals surface area contributed by atoms with Crippen LogP contribution in [0.25, 0.3) is 77.9 Å². The van der Waals surface area contributed by atoms with Gasteiger partial charge < -0.3 is 4.42 Å². The summed E-state index contributed by atoms with van der Waals surface area (Å²) in [5.41, 5.74) is 13.0. The summed E-state index contributed by atoms with van der Waals surface area (Å²) < 4.78 is 6.27. The average Bonchev–Trinajstić information content (AvgIpc) is 3.65. The molecule has 4 heteroatoms. The number of benzene rings is 6. The van der Waals surface area contributed by atoms with Gasteiger partial charge in [0.15, 0.2) is 5.58 Å². The van der Waals surface area contributed by atoms with E-state index in [1.807, 2.05) is 86.7 Å². The summed E-state index contributed by atoms with van der Waals surface area (Å²) in [7, 11) is 0. The van der Waals surface area contributed by atoms with E-state index < -0.39 is 0 Å². The minimum Gasteiger partial charge on any atom is -0.436 e. The van der Waals surface area contributed by atoms with Gasteiger partial charge in [0.1, 0.15) is 5.52 Å². The van der Waals surface area contributed by atoms with Crippen molar-refractivity contribution in [3.63, 3.8) is 0 Å². The second kappa shape index (κ2) is 14.3. The number of aromatic nitrogens is 2. The third-order valence-electron chi connectivity index (χ3n) is 9.38. The Labute approximate surface area is 303 Å². The van der Waals surface area contributed by atoms with Crippen molar-refractivity contribution >= 4 is 49.8 Å². The quantitative estimate of drug-likeness (QED) is 0.0699. The molecule has 2 aromatic heterocycles. The predicted octanol–water partition coefficient (Wildman–Crippen LogP) is 13.0. The van der Waals surface area contributed by atoms with Gasteiger partial charge in [0.2, 0.25) is 5.89 Å². The minimum atomic E-state index is 0.614. The van der Waals surface area contributed by atoms with Crippen LogP contribution in [0.15, 0.2) is 179 Å². The summed E-state index contributed by atoms with van der Waals surface area (Å²) in [6, 6.07) is 50.3. The van der Waals surface area contributed by atoms with Gasteiger partial charge in [-0.3, -0.25) is 4.99 Å².